The van der Waals surface area contributed by atoms with Gasteiger partial charge < -0.3 is 10.3 Å². The molecule has 2 N–H and O–H groups in total. The maximum Gasteiger partial charge on any atom is 0.229 e. The second-order valence-corrected chi connectivity index (χ2v) is 4.71. The molecule has 6 heteroatoms. The van der Waals surface area contributed by atoms with Crippen molar-refractivity contribution < 1.29 is 9.18 Å². The van der Waals surface area contributed by atoms with E-state index < -0.39 is 0 Å². The topological polar surface area (TPSA) is 70.7 Å². The normalized spacial score (nSPS) is 10.4. The zero-order chi connectivity index (χ0) is 15.4. The van der Waals surface area contributed by atoms with Gasteiger partial charge in [-0.05, 0) is 29.8 Å². The highest BCUT2D eigenvalue weighted by Crippen LogP contribution is 2.14. The molecule has 0 aliphatic heterocycles. The summed E-state index contributed by atoms with van der Waals surface area (Å²) < 4.78 is 12.8. The van der Waals surface area contributed by atoms with Gasteiger partial charge in [0.25, 0.3) is 0 Å². The predicted molar refractivity (Wildman–Crippen MR) is 80.6 cm³/mol. The number of aromatic amines is 1. The van der Waals surface area contributed by atoms with Crippen molar-refractivity contribution >= 4 is 11.7 Å². The molecular weight excluding hydrogens is 283 g/mol. The molecule has 0 saturated heterocycles. The number of H-pyrrole nitrogens is 1. The number of carbonyl (C=O) groups excluding carboxylic acids is 1. The minimum atomic E-state index is -0.322. The highest BCUT2D eigenvalue weighted by Gasteiger charge is 2.08. The predicted octanol–water partition coefficient (Wildman–Crippen LogP) is 2.79. The fourth-order valence-electron chi connectivity index (χ4n) is 2.00. The second-order valence-electron chi connectivity index (χ2n) is 4.71. The van der Waals surface area contributed by atoms with Gasteiger partial charge in [-0.2, -0.15) is 0 Å². The van der Waals surface area contributed by atoms with E-state index in [2.05, 4.69) is 20.3 Å². The van der Waals surface area contributed by atoms with Gasteiger partial charge in [0, 0.05) is 6.20 Å². The molecule has 0 radical (unpaired) electrons. The molecule has 0 fully saturated rings. The van der Waals surface area contributed by atoms with Gasteiger partial charge in [0.2, 0.25) is 5.91 Å². The molecule has 0 aliphatic rings. The van der Waals surface area contributed by atoms with Crippen LogP contribution in [0.4, 0.5) is 10.2 Å². The third-order valence-electron chi connectivity index (χ3n) is 3.04. The van der Waals surface area contributed by atoms with Crippen LogP contribution in [0.3, 0.4) is 0 Å². The summed E-state index contributed by atoms with van der Waals surface area (Å²) in [5, 5.41) is 2.72. The number of carbonyl (C=O) groups is 1. The highest BCUT2D eigenvalue weighted by molar-refractivity contribution is 5.91. The van der Waals surface area contributed by atoms with E-state index in [1.807, 2.05) is 18.2 Å². The Morgan fingerprint density at radius 2 is 1.95 bits per heavy atom. The Kier molecular flexibility index (Phi) is 3.91. The van der Waals surface area contributed by atoms with Crippen molar-refractivity contribution in [3.8, 4) is 11.5 Å². The third-order valence-corrected chi connectivity index (χ3v) is 3.04. The van der Waals surface area contributed by atoms with Crippen LogP contribution in [-0.2, 0) is 11.2 Å². The van der Waals surface area contributed by atoms with E-state index in [4.69, 9.17) is 0 Å². The molecule has 110 valence electrons. The van der Waals surface area contributed by atoms with Crippen LogP contribution in [0.25, 0.3) is 11.5 Å². The van der Waals surface area contributed by atoms with Crippen molar-refractivity contribution in [1.82, 2.24) is 15.0 Å². The van der Waals surface area contributed by atoms with Crippen LogP contribution in [0, 0.1) is 5.82 Å². The standard InChI is InChI=1S/C16H13FN4O/c17-12-6-4-11(5-7-12)9-15(22)20-14-10-19-16(21-14)13-3-1-2-8-18-13/h1-8,10H,9H2,(H,19,21)(H,20,22). The number of hydrogen-bond acceptors (Lipinski definition) is 3. The number of rotatable bonds is 4. The number of amides is 1. The van der Waals surface area contributed by atoms with Crippen molar-refractivity contribution in [2.45, 2.75) is 6.42 Å². The van der Waals surface area contributed by atoms with E-state index in [-0.39, 0.29) is 18.1 Å². The van der Waals surface area contributed by atoms with Crippen molar-refractivity contribution in [1.29, 1.82) is 0 Å². The summed E-state index contributed by atoms with van der Waals surface area (Å²) in [6.07, 6.45) is 3.37. The zero-order valence-corrected chi connectivity index (χ0v) is 11.6. The number of hydrogen-bond donors (Lipinski definition) is 2. The quantitative estimate of drug-likeness (QED) is 0.777. The van der Waals surface area contributed by atoms with Crippen molar-refractivity contribution in [2.24, 2.45) is 0 Å². The van der Waals surface area contributed by atoms with Crippen LogP contribution in [-0.4, -0.2) is 20.9 Å². The highest BCUT2D eigenvalue weighted by atomic mass is 19.1. The average Bonchev–Trinajstić information content (AvgIpc) is 2.99. The van der Waals surface area contributed by atoms with Crippen molar-refractivity contribution in [3.63, 3.8) is 0 Å². The lowest BCUT2D eigenvalue weighted by atomic mass is 10.1. The fourth-order valence-corrected chi connectivity index (χ4v) is 2.00. The number of pyridine rings is 1. The van der Waals surface area contributed by atoms with Gasteiger partial charge in [-0.15, -0.1) is 0 Å². The minimum absolute atomic E-state index is 0.165. The molecule has 0 spiro atoms. The molecule has 2 heterocycles. The first-order valence-electron chi connectivity index (χ1n) is 6.71. The lowest BCUT2D eigenvalue weighted by Gasteiger charge is -2.02. The molecule has 0 saturated carbocycles. The Hall–Kier alpha value is -3.02. The summed E-state index contributed by atoms with van der Waals surface area (Å²) in [7, 11) is 0. The zero-order valence-electron chi connectivity index (χ0n) is 11.6. The smallest absolute Gasteiger partial charge is 0.229 e. The lowest BCUT2D eigenvalue weighted by Crippen LogP contribution is -2.14. The van der Waals surface area contributed by atoms with Gasteiger partial charge >= 0.3 is 0 Å². The summed E-state index contributed by atoms with van der Waals surface area (Å²) in [6.45, 7) is 0. The molecule has 5 nitrogen and oxygen atoms in total. The van der Waals surface area contributed by atoms with Gasteiger partial charge in [-0.1, -0.05) is 18.2 Å². The van der Waals surface area contributed by atoms with Crippen LogP contribution in [0.15, 0.2) is 54.9 Å². The maximum atomic E-state index is 12.8. The molecule has 2 aromatic heterocycles. The summed E-state index contributed by atoms with van der Waals surface area (Å²) in [6, 6.07) is 11.3. The summed E-state index contributed by atoms with van der Waals surface area (Å²) in [5.41, 5.74) is 1.44. The molecule has 0 unspecified atom stereocenters. The van der Waals surface area contributed by atoms with Crippen LogP contribution < -0.4 is 5.32 Å². The first-order valence-corrected chi connectivity index (χ1v) is 6.71. The Labute approximate surface area is 126 Å². The molecule has 3 aromatic rings. The van der Waals surface area contributed by atoms with Gasteiger partial charge in [0.05, 0.1) is 12.6 Å². The summed E-state index contributed by atoms with van der Waals surface area (Å²) in [4.78, 5) is 23.3. The van der Waals surface area contributed by atoms with Crippen LogP contribution in [0.2, 0.25) is 0 Å². The first kappa shape index (κ1) is 13.9. The number of halogens is 1. The molecule has 0 aliphatic carbocycles. The molecule has 1 aromatic carbocycles. The molecule has 0 bridgehead atoms. The lowest BCUT2D eigenvalue weighted by molar-refractivity contribution is -0.115. The van der Waals surface area contributed by atoms with Gasteiger partial charge in [-0.25, -0.2) is 9.37 Å². The van der Waals surface area contributed by atoms with Gasteiger partial charge in [0.1, 0.15) is 17.3 Å². The third kappa shape index (κ3) is 3.35. The van der Waals surface area contributed by atoms with Crippen LogP contribution in [0.5, 0.6) is 0 Å². The van der Waals surface area contributed by atoms with E-state index in [1.165, 1.54) is 18.3 Å². The number of nitrogens with one attached hydrogen (secondary N) is 2. The Morgan fingerprint density at radius 3 is 2.68 bits per heavy atom. The molecule has 22 heavy (non-hydrogen) atoms. The van der Waals surface area contributed by atoms with Gasteiger partial charge in [-0.3, -0.25) is 9.78 Å². The molecule has 0 atom stereocenters. The molecular formula is C16H13FN4O. The Bertz CT molecular complexity index is 768. The largest absolute Gasteiger partial charge is 0.323 e. The number of aromatic nitrogens is 3. The molecule has 3 rings (SSSR count). The average molecular weight is 296 g/mol. The monoisotopic (exact) mass is 296 g/mol. The summed E-state index contributed by atoms with van der Waals surface area (Å²) in [5.74, 6) is 0.547. The Balaban J connectivity index is 1.65. The fraction of sp³-hybridized carbons (Fsp3) is 0.0625. The van der Waals surface area contributed by atoms with Crippen LogP contribution >= 0.6 is 0 Å². The molecule has 1 amide bonds. The van der Waals surface area contributed by atoms with E-state index in [9.17, 15) is 9.18 Å². The minimum Gasteiger partial charge on any atom is -0.323 e. The van der Waals surface area contributed by atoms with E-state index >= 15 is 0 Å². The number of anilines is 1. The second kappa shape index (κ2) is 6.17. The van der Waals surface area contributed by atoms with Crippen molar-refractivity contribution in [3.05, 3.63) is 66.2 Å². The first-order chi connectivity index (χ1) is 10.7. The van der Waals surface area contributed by atoms with Crippen LogP contribution in [0.1, 0.15) is 5.56 Å². The number of nitrogens with zero attached hydrogens (tertiary/aromatic N) is 2. The van der Waals surface area contributed by atoms with E-state index in [0.29, 0.717) is 17.3 Å². The summed E-state index contributed by atoms with van der Waals surface area (Å²) >= 11 is 0. The Morgan fingerprint density at radius 1 is 1.14 bits per heavy atom. The maximum absolute atomic E-state index is 12.8. The van der Waals surface area contributed by atoms with E-state index in [1.54, 1.807) is 18.3 Å². The van der Waals surface area contributed by atoms with Gasteiger partial charge in [0.15, 0.2) is 5.82 Å². The SMILES string of the molecule is O=C(Cc1ccc(F)cc1)Nc1cnc(-c2ccccn2)[nH]1. The van der Waals surface area contributed by atoms with E-state index in [0.717, 1.165) is 5.56 Å². The number of benzene rings is 1. The van der Waals surface area contributed by atoms with Crippen molar-refractivity contribution in [2.75, 3.05) is 5.32 Å². The number of imidazole rings is 1.